The summed E-state index contributed by atoms with van der Waals surface area (Å²) in [6.45, 7) is -0.674. The molecule has 0 fully saturated rings. The number of nitro benzene ring substituents is 1. The van der Waals surface area contributed by atoms with Gasteiger partial charge in [0.2, 0.25) is 0 Å². The Balaban J connectivity index is 1.99. The minimum Gasteiger partial charge on any atom is -0.452 e. The summed E-state index contributed by atoms with van der Waals surface area (Å²) in [4.78, 5) is 33.7. The molecule has 0 radical (unpaired) electrons. The fourth-order valence-corrected chi connectivity index (χ4v) is 2.14. The van der Waals surface area contributed by atoms with Crippen molar-refractivity contribution in [3.8, 4) is 0 Å². The Morgan fingerprint density at radius 2 is 1.88 bits per heavy atom. The first-order valence-corrected chi connectivity index (χ1v) is 7.39. The number of halogens is 3. The van der Waals surface area contributed by atoms with Gasteiger partial charge in [0.05, 0.1) is 20.5 Å². The summed E-state index contributed by atoms with van der Waals surface area (Å²) in [5.74, 6) is -2.36. The Bertz CT molecular complexity index is 860. The van der Waals surface area contributed by atoms with Gasteiger partial charge in [-0.1, -0.05) is 23.2 Å². The summed E-state index contributed by atoms with van der Waals surface area (Å²) >= 11 is 11.4. The number of carbonyl (C=O) groups excluding carboxylic acids is 2. The van der Waals surface area contributed by atoms with E-state index in [1.54, 1.807) is 0 Å². The first-order valence-electron chi connectivity index (χ1n) is 6.64. The first kappa shape index (κ1) is 18.6. The van der Waals surface area contributed by atoms with Crippen molar-refractivity contribution in [3.05, 3.63) is 67.9 Å². The Kier molecular flexibility index (Phi) is 5.89. The fraction of sp³-hybridized carbons (Fsp3) is 0.0667. The summed E-state index contributed by atoms with van der Waals surface area (Å²) in [5, 5.41) is 12.8. The lowest BCUT2D eigenvalue weighted by atomic mass is 10.2. The van der Waals surface area contributed by atoms with Crippen LogP contribution in [0.2, 0.25) is 10.0 Å². The maximum Gasteiger partial charge on any atom is 0.340 e. The lowest BCUT2D eigenvalue weighted by molar-refractivity contribution is -0.384. The number of esters is 1. The maximum atomic E-state index is 13.0. The third-order valence-electron chi connectivity index (χ3n) is 2.92. The number of hydrogen-bond donors (Lipinski definition) is 1. The van der Waals surface area contributed by atoms with Crippen molar-refractivity contribution in [2.75, 3.05) is 11.9 Å². The Hall–Kier alpha value is -2.71. The zero-order valence-corrected chi connectivity index (χ0v) is 13.8. The third-order valence-corrected chi connectivity index (χ3v) is 3.54. The Labute approximate surface area is 150 Å². The average molecular weight is 387 g/mol. The maximum absolute atomic E-state index is 13.0. The highest BCUT2D eigenvalue weighted by Crippen LogP contribution is 2.23. The third kappa shape index (κ3) is 4.88. The van der Waals surface area contributed by atoms with Crippen LogP contribution in [-0.4, -0.2) is 23.4 Å². The number of nitrogens with zero attached hydrogens (tertiary/aromatic N) is 1. The van der Waals surface area contributed by atoms with Crippen molar-refractivity contribution in [3.63, 3.8) is 0 Å². The highest BCUT2D eigenvalue weighted by atomic mass is 35.5. The second-order valence-corrected chi connectivity index (χ2v) is 5.49. The van der Waals surface area contributed by atoms with Gasteiger partial charge in [-0.3, -0.25) is 14.9 Å². The van der Waals surface area contributed by atoms with Crippen molar-refractivity contribution in [1.82, 2.24) is 0 Å². The number of anilines is 1. The molecule has 0 aliphatic rings. The molecular formula is C15H9Cl2FN2O5. The molecule has 2 rings (SSSR count). The highest BCUT2D eigenvalue weighted by molar-refractivity contribution is 6.33. The number of amides is 1. The second kappa shape index (κ2) is 7.91. The van der Waals surface area contributed by atoms with Gasteiger partial charge in [0, 0.05) is 17.8 Å². The topological polar surface area (TPSA) is 98.5 Å². The van der Waals surface area contributed by atoms with Crippen molar-refractivity contribution in [2.45, 2.75) is 0 Å². The predicted molar refractivity (Wildman–Crippen MR) is 88.4 cm³/mol. The lowest BCUT2D eigenvalue weighted by Gasteiger charge is -2.08. The zero-order chi connectivity index (χ0) is 18.6. The number of benzene rings is 2. The van der Waals surface area contributed by atoms with E-state index in [4.69, 9.17) is 27.9 Å². The van der Waals surface area contributed by atoms with E-state index in [-0.39, 0.29) is 27.0 Å². The van der Waals surface area contributed by atoms with E-state index in [1.807, 2.05) is 0 Å². The van der Waals surface area contributed by atoms with Crippen LogP contribution in [0.3, 0.4) is 0 Å². The molecule has 1 amide bonds. The fourth-order valence-electron chi connectivity index (χ4n) is 1.76. The van der Waals surface area contributed by atoms with Gasteiger partial charge in [-0.25, -0.2) is 9.18 Å². The predicted octanol–water partition coefficient (Wildman–Crippen LogP) is 3.84. The highest BCUT2D eigenvalue weighted by Gasteiger charge is 2.18. The van der Waals surface area contributed by atoms with Crippen LogP contribution in [0.1, 0.15) is 10.4 Å². The second-order valence-electron chi connectivity index (χ2n) is 4.67. The van der Waals surface area contributed by atoms with Crippen LogP contribution in [0.15, 0.2) is 36.4 Å². The Morgan fingerprint density at radius 3 is 2.52 bits per heavy atom. The number of nitrogens with one attached hydrogen (secondary N) is 1. The van der Waals surface area contributed by atoms with Gasteiger partial charge >= 0.3 is 5.97 Å². The number of nitro groups is 1. The van der Waals surface area contributed by atoms with Crippen molar-refractivity contribution in [2.24, 2.45) is 0 Å². The van der Waals surface area contributed by atoms with E-state index in [1.165, 1.54) is 18.2 Å². The first-order chi connectivity index (χ1) is 11.8. The van der Waals surface area contributed by atoms with Crippen LogP contribution in [0, 0.1) is 15.9 Å². The molecule has 0 saturated carbocycles. The molecule has 25 heavy (non-hydrogen) atoms. The zero-order valence-electron chi connectivity index (χ0n) is 12.3. The quantitative estimate of drug-likeness (QED) is 0.478. The molecule has 0 bridgehead atoms. The van der Waals surface area contributed by atoms with Crippen molar-refractivity contribution < 1.29 is 23.6 Å². The molecular weight excluding hydrogens is 378 g/mol. The molecule has 7 nitrogen and oxygen atoms in total. The average Bonchev–Trinajstić information content (AvgIpc) is 2.56. The van der Waals surface area contributed by atoms with E-state index in [9.17, 15) is 24.1 Å². The molecule has 0 heterocycles. The molecule has 2 aromatic rings. The minimum atomic E-state index is -0.999. The lowest BCUT2D eigenvalue weighted by Crippen LogP contribution is -2.21. The van der Waals surface area contributed by atoms with E-state index in [0.717, 1.165) is 18.2 Å². The molecule has 0 unspecified atom stereocenters. The molecule has 10 heteroatoms. The van der Waals surface area contributed by atoms with Gasteiger partial charge in [-0.05, 0) is 24.3 Å². The number of ether oxygens (including phenoxy) is 1. The number of non-ortho nitro benzene ring substituents is 1. The largest absolute Gasteiger partial charge is 0.452 e. The van der Waals surface area contributed by atoms with Gasteiger partial charge in [-0.2, -0.15) is 0 Å². The number of carbonyl (C=O) groups is 2. The molecule has 0 spiro atoms. The van der Waals surface area contributed by atoms with Crippen LogP contribution < -0.4 is 5.32 Å². The van der Waals surface area contributed by atoms with E-state index >= 15 is 0 Å². The van der Waals surface area contributed by atoms with E-state index < -0.39 is 29.2 Å². The number of rotatable bonds is 5. The SMILES string of the molecule is O=C(COC(=O)c1cc([N+](=O)[O-])ccc1Cl)Nc1ccc(F)c(Cl)c1. The Morgan fingerprint density at radius 1 is 1.16 bits per heavy atom. The summed E-state index contributed by atoms with van der Waals surface area (Å²) in [6.07, 6.45) is 0. The molecule has 1 N–H and O–H groups in total. The number of hydrogen-bond acceptors (Lipinski definition) is 5. The van der Waals surface area contributed by atoms with Crippen molar-refractivity contribution >= 4 is 46.5 Å². The summed E-state index contributed by atoms with van der Waals surface area (Å²) in [5.41, 5.74) is -0.379. The van der Waals surface area contributed by atoms with Crippen LogP contribution in [-0.2, 0) is 9.53 Å². The summed E-state index contributed by atoms with van der Waals surface area (Å²) in [6, 6.07) is 6.78. The van der Waals surface area contributed by atoms with Gasteiger partial charge in [0.15, 0.2) is 6.61 Å². The van der Waals surface area contributed by atoms with E-state index in [0.29, 0.717) is 0 Å². The van der Waals surface area contributed by atoms with Crippen LogP contribution >= 0.6 is 23.2 Å². The molecule has 0 aromatic heterocycles. The van der Waals surface area contributed by atoms with Crippen LogP contribution in [0.4, 0.5) is 15.8 Å². The minimum absolute atomic E-state index is 0.0543. The summed E-state index contributed by atoms with van der Waals surface area (Å²) in [7, 11) is 0. The molecule has 2 aromatic carbocycles. The molecule has 0 aliphatic heterocycles. The van der Waals surface area contributed by atoms with E-state index in [2.05, 4.69) is 5.32 Å². The van der Waals surface area contributed by atoms with Gasteiger partial charge in [0.25, 0.3) is 11.6 Å². The van der Waals surface area contributed by atoms with Crippen LogP contribution in [0.25, 0.3) is 0 Å². The smallest absolute Gasteiger partial charge is 0.340 e. The molecule has 0 saturated heterocycles. The molecule has 0 aliphatic carbocycles. The monoisotopic (exact) mass is 386 g/mol. The molecule has 130 valence electrons. The van der Waals surface area contributed by atoms with Crippen LogP contribution in [0.5, 0.6) is 0 Å². The van der Waals surface area contributed by atoms with Gasteiger partial charge < -0.3 is 10.1 Å². The normalized spacial score (nSPS) is 10.2. The summed E-state index contributed by atoms with van der Waals surface area (Å²) < 4.78 is 17.8. The van der Waals surface area contributed by atoms with Gasteiger partial charge in [0.1, 0.15) is 5.82 Å². The molecule has 0 atom stereocenters. The standard InChI is InChI=1S/C15H9Cl2FN2O5/c16-11-3-2-9(20(23)24)6-10(11)15(22)25-7-14(21)19-8-1-4-13(18)12(17)5-8/h1-6H,7H2,(H,19,21). The van der Waals surface area contributed by atoms with Crippen molar-refractivity contribution in [1.29, 1.82) is 0 Å². The van der Waals surface area contributed by atoms with Gasteiger partial charge in [-0.15, -0.1) is 0 Å².